The summed E-state index contributed by atoms with van der Waals surface area (Å²) in [5.74, 6) is -0.518. The van der Waals surface area contributed by atoms with Crippen LogP contribution in [0, 0.1) is 0 Å². The van der Waals surface area contributed by atoms with Crippen molar-refractivity contribution in [3.8, 4) is 0 Å². The molecule has 2 N–H and O–H groups in total. The van der Waals surface area contributed by atoms with Crippen LogP contribution in [0.25, 0.3) is 0 Å². The summed E-state index contributed by atoms with van der Waals surface area (Å²) in [4.78, 5) is 24.6. The van der Waals surface area contributed by atoms with Gasteiger partial charge in [0.1, 0.15) is 6.04 Å². The maximum atomic E-state index is 12.1. The quantitative estimate of drug-likeness (QED) is 0.804. The minimum absolute atomic E-state index is 0.0299. The van der Waals surface area contributed by atoms with E-state index in [0.717, 1.165) is 0 Å². The fourth-order valence-electron chi connectivity index (χ4n) is 1.88. The molecule has 1 heterocycles. The predicted octanol–water partition coefficient (Wildman–Crippen LogP) is 1.14. The number of hydrogen-bond acceptors (Lipinski definition) is 4. The van der Waals surface area contributed by atoms with Crippen LogP contribution in [0.2, 0.25) is 0 Å². The van der Waals surface area contributed by atoms with Crippen LogP contribution in [0.4, 0.5) is 0 Å². The summed E-state index contributed by atoms with van der Waals surface area (Å²) in [6.07, 6.45) is 0.339. The van der Waals surface area contributed by atoms with E-state index in [1.165, 1.54) is 16.7 Å². The fourth-order valence-corrected chi connectivity index (χ4v) is 3.07. The molecule has 104 valence electrons. The van der Waals surface area contributed by atoms with Crippen LogP contribution in [0.3, 0.4) is 0 Å². The van der Waals surface area contributed by atoms with Crippen LogP contribution in [-0.4, -0.2) is 51.1 Å². The molecule has 2 unspecified atom stereocenters. The number of carboxylic acids is 1. The van der Waals surface area contributed by atoms with E-state index in [4.69, 9.17) is 5.11 Å². The second kappa shape index (κ2) is 5.93. The molecule has 0 aromatic rings. The third-order valence-electron chi connectivity index (χ3n) is 2.79. The number of carbonyl (C=O) groups excluding carboxylic acids is 1. The van der Waals surface area contributed by atoms with Gasteiger partial charge in [-0.3, -0.25) is 4.79 Å². The Balaban J connectivity index is 2.51. The van der Waals surface area contributed by atoms with E-state index in [0.29, 0.717) is 18.7 Å². The lowest BCUT2D eigenvalue weighted by molar-refractivity contribution is -0.148. The molecule has 5 nitrogen and oxygen atoms in total. The number of amides is 1. The summed E-state index contributed by atoms with van der Waals surface area (Å²) in [5, 5.41) is 12.3. The van der Waals surface area contributed by atoms with Crippen molar-refractivity contribution >= 4 is 23.6 Å². The van der Waals surface area contributed by atoms with Crippen LogP contribution in [0.15, 0.2) is 0 Å². The Morgan fingerprint density at radius 1 is 1.44 bits per heavy atom. The topological polar surface area (TPSA) is 69.6 Å². The van der Waals surface area contributed by atoms with Crippen molar-refractivity contribution in [2.24, 2.45) is 0 Å². The highest BCUT2D eigenvalue weighted by atomic mass is 32.2. The van der Waals surface area contributed by atoms with Gasteiger partial charge >= 0.3 is 5.97 Å². The Labute approximate surface area is 112 Å². The summed E-state index contributed by atoms with van der Waals surface area (Å²) in [7, 11) is 0. The number of hydrogen-bond donors (Lipinski definition) is 2. The van der Waals surface area contributed by atoms with Crippen LogP contribution < -0.4 is 5.32 Å². The van der Waals surface area contributed by atoms with Gasteiger partial charge < -0.3 is 15.3 Å². The Morgan fingerprint density at radius 3 is 2.56 bits per heavy atom. The Hall–Kier alpha value is -0.750. The van der Waals surface area contributed by atoms with Crippen molar-refractivity contribution in [3.63, 3.8) is 0 Å². The van der Waals surface area contributed by atoms with Crippen molar-refractivity contribution in [1.29, 1.82) is 0 Å². The molecule has 2 atom stereocenters. The number of carbonyl (C=O) groups is 2. The molecule has 0 saturated carbocycles. The van der Waals surface area contributed by atoms with E-state index in [1.807, 2.05) is 27.7 Å². The molecule has 0 spiro atoms. The van der Waals surface area contributed by atoms with E-state index >= 15 is 0 Å². The van der Waals surface area contributed by atoms with E-state index in [-0.39, 0.29) is 16.8 Å². The fraction of sp³-hybridized carbons (Fsp3) is 0.833. The number of nitrogens with zero attached hydrogens (tertiary/aromatic N) is 1. The molecule has 1 saturated heterocycles. The lowest BCUT2D eigenvalue weighted by Crippen LogP contribution is -2.46. The molecule has 0 bridgehead atoms. The smallest absolute Gasteiger partial charge is 0.327 e. The third-order valence-corrected chi connectivity index (χ3v) is 4.01. The second-order valence-electron chi connectivity index (χ2n) is 5.51. The Bertz CT molecular complexity index is 328. The Morgan fingerprint density at radius 2 is 2.06 bits per heavy atom. The first-order valence-electron chi connectivity index (χ1n) is 6.13. The van der Waals surface area contributed by atoms with Crippen molar-refractivity contribution in [2.45, 2.75) is 51.1 Å². The lowest BCUT2D eigenvalue weighted by Gasteiger charge is -2.26. The van der Waals surface area contributed by atoms with Crippen molar-refractivity contribution < 1.29 is 14.7 Å². The molecule has 0 radical (unpaired) electrons. The van der Waals surface area contributed by atoms with Crippen LogP contribution >= 0.6 is 11.8 Å². The third kappa shape index (κ3) is 4.17. The van der Waals surface area contributed by atoms with E-state index in [9.17, 15) is 9.59 Å². The number of aliphatic carboxylic acids is 1. The molecular weight excluding hydrogens is 252 g/mol. The standard InChI is InChI=1S/C12H22N2O3S/c1-8-14(9(7-18-8)11(16)17)10(15)5-6-13-12(2,3)4/h8-9,13H,5-7H2,1-4H3,(H,16,17). The molecular formula is C12H22N2O3S. The molecule has 1 aliphatic heterocycles. The summed E-state index contributed by atoms with van der Waals surface area (Å²) < 4.78 is 0. The SMILES string of the molecule is CC1SCC(C(=O)O)N1C(=O)CCNC(C)(C)C. The number of nitrogens with one attached hydrogen (secondary N) is 1. The van der Waals surface area contributed by atoms with Gasteiger partial charge in [-0.15, -0.1) is 11.8 Å². The number of carboxylic acid groups (broad SMARTS) is 1. The average Bonchev–Trinajstić information content (AvgIpc) is 2.58. The summed E-state index contributed by atoms with van der Waals surface area (Å²) in [5.41, 5.74) is -0.0299. The van der Waals surface area contributed by atoms with E-state index in [2.05, 4.69) is 5.32 Å². The van der Waals surface area contributed by atoms with Crippen molar-refractivity contribution in [1.82, 2.24) is 10.2 Å². The van der Waals surface area contributed by atoms with Crippen LogP contribution in [0.5, 0.6) is 0 Å². The van der Waals surface area contributed by atoms with Gasteiger partial charge in [0.05, 0.1) is 5.37 Å². The highest BCUT2D eigenvalue weighted by Crippen LogP contribution is 2.29. The van der Waals surface area contributed by atoms with Gasteiger partial charge in [-0.05, 0) is 27.7 Å². The molecule has 1 aliphatic rings. The predicted molar refractivity (Wildman–Crippen MR) is 72.6 cm³/mol. The van der Waals surface area contributed by atoms with Crippen molar-refractivity contribution in [2.75, 3.05) is 12.3 Å². The van der Waals surface area contributed by atoms with Crippen LogP contribution in [0.1, 0.15) is 34.1 Å². The normalized spacial score (nSPS) is 24.3. The van der Waals surface area contributed by atoms with Gasteiger partial charge in [0.25, 0.3) is 0 Å². The largest absolute Gasteiger partial charge is 0.480 e. The van der Waals surface area contributed by atoms with Gasteiger partial charge in [-0.1, -0.05) is 0 Å². The summed E-state index contributed by atoms with van der Waals surface area (Å²) in [6.45, 7) is 8.55. The minimum atomic E-state index is -0.913. The summed E-state index contributed by atoms with van der Waals surface area (Å²) >= 11 is 1.51. The highest BCUT2D eigenvalue weighted by Gasteiger charge is 2.38. The first-order chi connectivity index (χ1) is 8.22. The second-order valence-corrected chi connectivity index (χ2v) is 6.86. The molecule has 0 aliphatic carbocycles. The van der Waals surface area contributed by atoms with Gasteiger partial charge in [-0.2, -0.15) is 0 Å². The molecule has 0 aromatic heterocycles. The zero-order valence-electron chi connectivity index (χ0n) is 11.4. The first kappa shape index (κ1) is 15.3. The highest BCUT2D eigenvalue weighted by molar-refractivity contribution is 8.00. The Kier molecular flexibility index (Phi) is 5.04. The molecule has 6 heteroatoms. The zero-order chi connectivity index (χ0) is 13.9. The van der Waals surface area contributed by atoms with Crippen LogP contribution in [-0.2, 0) is 9.59 Å². The van der Waals surface area contributed by atoms with E-state index < -0.39 is 12.0 Å². The number of thioether (sulfide) groups is 1. The minimum Gasteiger partial charge on any atom is -0.480 e. The maximum absolute atomic E-state index is 12.1. The molecule has 1 fully saturated rings. The zero-order valence-corrected chi connectivity index (χ0v) is 12.2. The molecule has 1 amide bonds. The average molecular weight is 274 g/mol. The summed E-state index contributed by atoms with van der Waals surface area (Å²) in [6, 6.07) is -0.674. The van der Waals surface area contributed by atoms with Crippen molar-refractivity contribution in [3.05, 3.63) is 0 Å². The molecule has 18 heavy (non-hydrogen) atoms. The lowest BCUT2D eigenvalue weighted by atomic mass is 10.1. The molecule has 1 rings (SSSR count). The van der Waals surface area contributed by atoms with Gasteiger partial charge in [0.2, 0.25) is 5.91 Å². The monoisotopic (exact) mass is 274 g/mol. The van der Waals surface area contributed by atoms with Gasteiger partial charge in [-0.25, -0.2) is 4.79 Å². The first-order valence-corrected chi connectivity index (χ1v) is 7.18. The maximum Gasteiger partial charge on any atom is 0.327 e. The molecule has 0 aromatic carbocycles. The van der Waals surface area contributed by atoms with E-state index in [1.54, 1.807) is 0 Å². The van der Waals surface area contributed by atoms with Gasteiger partial charge in [0.15, 0.2) is 0 Å². The van der Waals surface area contributed by atoms with Gasteiger partial charge in [0, 0.05) is 24.3 Å². The number of rotatable bonds is 4.